The lowest BCUT2D eigenvalue weighted by Gasteiger charge is -2.12. The number of aromatic nitrogens is 2. The summed E-state index contributed by atoms with van der Waals surface area (Å²) < 4.78 is 21.2. The van der Waals surface area contributed by atoms with Gasteiger partial charge in [0.05, 0.1) is 26.5 Å². The van der Waals surface area contributed by atoms with Crippen LogP contribution in [0.4, 0.5) is 0 Å². The van der Waals surface area contributed by atoms with Gasteiger partial charge in [-0.1, -0.05) is 30.3 Å². The topological polar surface area (TPSA) is 100 Å². The van der Waals surface area contributed by atoms with Crippen molar-refractivity contribution < 1.29 is 28.8 Å². The highest BCUT2D eigenvalue weighted by molar-refractivity contribution is 6.17. The predicted octanol–water partition coefficient (Wildman–Crippen LogP) is 3.93. The zero-order valence-electron chi connectivity index (χ0n) is 15.7. The molecule has 0 spiro atoms. The number of benzene rings is 2. The summed E-state index contributed by atoms with van der Waals surface area (Å²) in [6.07, 6.45) is 2.54. The van der Waals surface area contributed by atoms with Gasteiger partial charge in [-0.15, -0.1) is 0 Å². The van der Waals surface area contributed by atoms with Crippen LogP contribution in [-0.2, 0) is 14.3 Å². The van der Waals surface area contributed by atoms with Crippen LogP contribution in [0.25, 0.3) is 5.57 Å². The largest absolute Gasteiger partial charge is 0.504 e. The second-order valence-corrected chi connectivity index (χ2v) is 5.62. The lowest BCUT2D eigenvalue weighted by Crippen LogP contribution is -2.06. The first kappa shape index (κ1) is 19.7. The molecule has 0 unspecified atom stereocenters. The van der Waals surface area contributed by atoms with E-state index in [4.69, 9.17) is 18.9 Å². The summed E-state index contributed by atoms with van der Waals surface area (Å²) in [5, 5.41) is 9.84. The fourth-order valence-electron chi connectivity index (χ4n) is 2.43. The normalized spacial score (nSPS) is 10.9. The number of hydrogen-bond donors (Lipinski definition) is 1. The number of carbonyl (C=O) groups excluding carboxylic acids is 1. The molecule has 0 aliphatic heterocycles. The van der Waals surface area contributed by atoms with Crippen molar-refractivity contribution in [2.24, 2.45) is 0 Å². The average Bonchev–Trinajstić information content (AvgIpc) is 2.74. The zero-order valence-corrected chi connectivity index (χ0v) is 15.7. The van der Waals surface area contributed by atoms with Crippen molar-refractivity contribution in [2.75, 3.05) is 14.2 Å². The molecule has 148 valence electrons. The number of rotatable bonds is 7. The van der Waals surface area contributed by atoms with Crippen molar-refractivity contribution in [3.05, 3.63) is 72.8 Å². The first-order valence-electron chi connectivity index (χ1n) is 8.48. The van der Waals surface area contributed by atoms with E-state index in [2.05, 4.69) is 9.97 Å². The minimum atomic E-state index is -0.575. The van der Waals surface area contributed by atoms with Crippen LogP contribution >= 0.6 is 0 Å². The van der Waals surface area contributed by atoms with Gasteiger partial charge in [0.2, 0.25) is 11.8 Å². The van der Waals surface area contributed by atoms with Crippen molar-refractivity contribution in [2.45, 2.75) is 0 Å². The fourth-order valence-corrected chi connectivity index (χ4v) is 2.43. The van der Waals surface area contributed by atoms with Gasteiger partial charge in [0.25, 0.3) is 0 Å². The fraction of sp³-hybridized carbons (Fsp3) is 0.0952. The Bertz CT molecular complexity index is 1030. The van der Waals surface area contributed by atoms with Gasteiger partial charge in [-0.2, -0.15) is 0 Å². The van der Waals surface area contributed by atoms with E-state index < -0.39 is 5.97 Å². The van der Waals surface area contributed by atoms with E-state index >= 15 is 0 Å². The molecule has 3 aromatic rings. The number of ether oxygens (including phenoxy) is 4. The average molecular weight is 394 g/mol. The van der Waals surface area contributed by atoms with E-state index in [0.29, 0.717) is 11.3 Å². The van der Waals surface area contributed by atoms with Gasteiger partial charge in [-0.25, -0.2) is 14.8 Å². The van der Waals surface area contributed by atoms with Crippen molar-refractivity contribution >= 4 is 11.5 Å². The number of hydrogen-bond acceptors (Lipinski definition) is 8. The molecule has 29 heavy (non-hydrogen) atoms. The van der Waals surface area contributed by atoms with Gasteiger partial charge in [0.15, 0.2) is 11.5 Å². The van der Waals surface area contributed by atoms with Gasteiger partial charge in [0, 0.05) is 5.56 Å². The number of carbonyl (C=O) groups is 1. The summed E-state index contributed by atoms with van der Waals surface area (Å²) >= 11 is 0. The Kier molecular flexibility index (Phi) is 6.26. The molecular formula is C21H18N2O6. The maximum atomic E-state index is 12.1. The summed E-state index contributed by atoms with van der Waals surface area (Å²) in [5.41, 5.74) is 0.647. The first-order chi connectivity index (χ1) is 14.1. The Balaban J connectivity index is 1.89. The SMILES string of the molecule is COC=C(C(=O)OC)c1ccccc1Oc1cc(Oc2ccccc2O)ncn1. The maximum absolute atomic E-state index is 12.1. The molecular weight excluding hydrogens is 376 g/mol. The molecule has 0 fully saturated rings. The van der Waals surface area contributed by atoms with Crippen LogP contribution in [0.2, 0.25) is 0 Å². The van der Waals surface area contributed by atoms with Crippen molar-refractivity contribution in [1.29, 1.82) is 0 Å². The van der Waals surface area contributed by atoms with E-state index in [-0.39, 0.29) is 28.8 Å². The Morgan fingerprint density at radius 2 is 1.55 bits per heavy atom. The van der Waals surface area contributed by atoms with Gasteiger partial charge >= 0.3 is 5.97 Å². The van der Waals surface area contributed by atoms with Crippen LogP contribution < -0.4 is 9.47 Å². The lowest BCUT2D eigenvalue weighted by atomic mass is 10.1. The molecule has 0 aliphatic carbocycles. The van der Waals surface area contributed by atoms with Crippen LogP contribution in [0, 0.1) is 0 Å². The Morgan fingerprint density at radius 3 is 2.21 bits per heavy atom. The number of phenolic OH excluding ortho intramolecular Hbond substituents is 1. The molecule has 0 bridgehead atoms. The van der Waals surface area contributed by atoms with Crippen molar-refractivity contribution in [3.8, 4) is 29.0 Å². The molecule has 1 N–H and O–H groups in total. The van der Waals surface area contributed by atoms with E-state index in [9.17, 15) is 9.90 Å². The van der Waals surface area contributed by atoms with Gasteiger partial charge in [-0.3, -0.25) is 0 Å². The van der Waals surface area contributed by atoms with E-state index in [0.717, 1.165) is 0 Å². The third-order valence-corrected chi connectivity index (χ3v) is 3.73. The summed E-state index contributed by atoms with van der Waals surface area (Å²) in [4.78, 5) is 20.2. The Labute approximate surface area is 167 Å². The monoisotopic (exact) mass is 394 g/mol. The third-order valence-electron chi connectivity index (χ3n) is 3.73. The number of methoxy groups -OCH3 is 2. The predicted molar refractivity (Wildman–Crippen MR) is 104 cm³/mol. The molecule has 0 saturated heterocycles. The number of esters is 1. The Hall–Kier alpha value is -4.07. The van der Waals surface area contributed by atoms with Gasteiger partial charge < -0.3 is 24.1 Å². The van der Waals surface area contributed by atoms with Crippen molar-refractivity contribution in [1.82, 2.24) is 9.97 Å². The summed E-state index contributed by atoms with van der Waals surface area (Å²) in [5.74, 6) is 0.358. The number of phenols is 1. The number of aromatic hydroxyl groups is 1. The quantitative estimate of drug-likeness (QED) is 0.366. The highest BCUT2D eigenvalue weighted by Gasteiger charge is 2.18. The van der Waals surface area contributed by atoms with E-state index in [1.54, 1.807) is 42.5 Å². The highest BCUT2D eigenvalue weighted by Crippen LogP contribution is 2.33. The van der Waals surface area contributed by atoms with Crippen LogP contribution in [-0.4, -0.2) is 35.3 Å². The minimum Gasteiger partial charge on any atom is -0.504 e. The molecule has 8 nitrogen and oxygen atoms in total. The van der Waals surface area contributed by atoms with Crippen LogP contribution in [0.5, 0.6) is 29.0 Å². The van der Waals surface area contributed by atoms with Crippen LogP contribution in [0.3, 0.4) is 0 Å². The maximum Gasteiger partial charge on any atom is 0.341 e. The summed E-state index contributed by atoms with van der Waals surface area (Å²) in [7, 11) is 2.71. The third kappa shape index (κ3) is 4.81. The van der Waals surface area contributed by atoms with E-state index in [1.807, 2.05) is 0 Å². The molecule has 1 heterocycles. The second kappa shape index (κ2) is 9.23. The summed E-state index contributed by atoms with van der Waals surface area (Å²) in [6, 6.07) is 14.8. The molecule has 1 aromatic heterocycles. The van der Waals surface area contributed by atoms with Gasteiger partial charge in [0.1, 0.15) is 17.6 Å². The van der Waals surface area contributed by atoms with Crippen molar-refractivity contribution in [3.63, 3.8) is 0 Å². The summed E-state index contributed by atoms with van der Waals surface area (Å²) in [6.45, 7) is 0. The molecule has 3 rings (SSSR count). The molecule has 0 radical (unpaired) electrons. The lowest BCUT2D eigenvalue weighted by molar-refractivity contribution is -0.133. The second-order valence-electron chi connectivity index (χ2n) is 5.62. The molecule has 8 heteroatoms. The molecule has 2 aromatic carbocycles. The van der Waals surface area contributed by atoms with Crippen LogP contribution in [0.15, 0.2) is 67.2 Å². The first-order valence-corrected chi connectivity index (χ1v) is 8.48. The number of nitrogens with zero attached hydrogens (tertiary/aromatic N) is 2. The molecule has 0 saturated carbocycles. The Morgan fingerprint density at radius 1 is 0.931 bits per heavy atom. The molecule has 0 atom stereocenters. The van der Waals surface area contributed by atoms with E-state index in [1.165, 1.54) is 38.9 Å². The van der Waals surface area contributed by atoms with Gasteiger partial charge in [-0.05, 0) is 18.2 Å². The molecule has 0 aliphatic rings. The molecule has 0 amide bonds. The zero-order chi connectivity index (χ0) is 20.6. The minimum absolute atomic E-state index is 0.0219. The smallest absolute Gasteiger partial charge is 0.341 e. The standard InChI is InChI=1S/C21H18N2O6/c1-26-12-15(21(25)27-2)14-7-3-5-9-17(14)28-19-11-20(23-13-22-19)29-18-10-6-4-8-16(18)24/h3-13,24H,1-2H3. The highest BCUT2D eigenvalue weighted by atomic mass is 16.5. The van der Waals surface area contributed by atoms with Crippen LogP contribution in [0.1, 0.15) is 5.56 Å². The number of para-hydroxylation sites is 3.